The topological polar surface area (TPSA) is 127 Å². The van der Waals surface area contributed by atoms with Crippen molar-refractivity contribution in [1.29, 1.82) is 0 Å². The summed E-state index contributed by atoms with van der Waals surface area (Å²) in [7, 11) is 1.54. The van der Waals surface area contributed by atoms with Gasteiger partial charge in [-0.05, 0) is 23.3 Å². The fraction of sp³-hybridized carbons (Fsp3) is 0.182. The fourth-order valence-electron chi connectivity index (χ4n) is 4.12. The van der Waals surface area contributed by atoms with Crippen molar-refractivity contribution in [2.24, 2.45) is 0 Å². The van der Waals surface area contributed by atoms with Crippen LogP contribution in [0.15, 0.2) is 47.8 Å². The summed E-state index contributed by atoms with van der Waals surface area (Å²) >= 11 is 1.34. The first kappa shape index (κ1) is 20.0. The molecule has 0 aliphatic carbocycles. The Balaban J connectivity index is 1.48. The number of carbonyl (C=O) groups excluding carboxylic acids is 3. The zero-order valence-corrected chi connectivity index (χ0v) is 17.9. The van der Waals surface area contributed by atoms with E-state index in [-0.39, 0.29) is 12.5 Å². The number of amides is 4. The molecule has 0 radical (unpaired) electrons. The molecule has 1 aromatic heterocycles. The maximum absolute atomic E-state index is 13.1. The van der Waals surface area contributed by atoms with E-state index in [4.69, 9.17) is 10.5 Å². The summed E-state index contributed by atoms with van der Waals surface area (Å²) in [4.78, 5) is 43.9. The second-order valence-corrected chi connectivity index (χ2v) is 8.54. The molecule has 3 heterocycles. The summed E-state index contributed by atoms with van der Waals surface area (Å²) in [6.07, 6.45) is 0. The van der Waals surface area contributed by atoms with Crippen molar-refractivity contribution in [2.75, 3.05) is 19.4 Å². The summed E-state index contributed by atoms with van der Waals surface area (Å²) in [5.41, 5.74) is 7.81. The zero-order chi connectivity index (χ0) is 22.5. The Morgan fingerprint density at radius 2 is 1.97 bits per heavy atom. The maximum atomic E-state index is 13.1. The number of methoxy groups -OCH3 is 1. The molecule has 10 heteroatoms. The maximum Gasteiger partial charge on any atom is 0.322 e. The third-order valence-electron chi connectivity index (χ3n) is 5.76. The van der Waals surface area contributed by atoms with Crippen LogP contribution in [-0.4, -0.2) is 41.4 Å². The number of rotatable bonds is 5. The first-order valence-electron chi connectivity index (χ1n) is 9.81. The summed E-state index contributed by atoms with van der Waals surface area (Å²) in [6, 6.07) is 11.9. The van der Waals surface area contributed by atoms with E-state index in [9.17, 15) is 14.4 Å². The highest BCUT2D eigenvalue weighted by molar-refractivity contribution is 7.13. The Labute approximate surface area is 187 Å². The lowest BCUT2D eigenvalue weighted by Crippen LogP contribution is -2.52. The predicted molar refractivity (Wildman–Crippen MR) is 118 cm³/mol. The van der Waals surface area contributed by atoms with Crippen LogP contribution in [-0.2, 0) is 16.9 Å². The van der Waals surface area contributed by atoms with Crippen LogP contribution in [0.25, 0.3) is 11.3 Å². The van der Waals surface area contributed by atoms with Crippen LogP contribution in [0.3, 0.4) is 0 Å². The zero-order valence-electron chi connectivity index (χ0n) is 17.0. The van der Waals surface area contributed by atoms with E-state index in [0.29, 0.717) is 28.6 Å². The lowest BCUT2D eigenvalue weighted by molar-refractivity contribution is -0.124. The van der Waals surface area contributed by atoms with E-state index in [1.165, 1.54) is 18.4 Å². The highest BCUT2D eigenvalue weighted by Crippen LogP contribution is 2.33. The molecule has 2 aliphatic rings. The minimum absolute atomic E-state index is 0.0105. The number of anilines is 1. The monoisotopic (exact) mass is 449 g/mol. The number of thiazole rings is 1. The number of nitrogens with zero attached hydrogens (tertiary/aromatic N) is 2. The number of nitrogens with two attached hydrogens (primary N) is 1. The molecule has 0 bridgehead atoms. The normalized spacial score (nSPS) is 19.7. The smallest absolute Gasteiger partial charge is 0.322 e. The summed E-state index contributed by atoms with van der Waals surface area (Å²) in [5, 5.41) is 7.36. The molecule has 3 aromatic rings. The number of hydrogen-bond donors (Lipinski definition) is 3. The van der Waals surface area contributed by atoms with E-state index in [0.717, 1.165) is 16.8 Å². The summed E-state index contributed by atoms with van der Waals surface area (Å²) in [5.74, 6) is -0.143. The van der Waals surface area contributed by atoms with Gasteiger partial charge in [-0.3, -0.25) is 14.9 Å². The lowest BCUT2D eigenvalue weighted by atomic mass is 9.88. The van der Waals surface area contributed by atoms with E-state index >= 15 is 0 Å². The van der Waals surface area contributed by atoms with Crippen molar-refractivity contribution in [2.45, 2.75) is 12.1 Å². The Morgan fingerprint density at radius 3 is 2.59 bits per heavy atom. The number of carbonyl (C=O) groups is 3. The molecule has 1 unspecified atom stereocenters. The van der Waals surface area contributed by atoms with Crippen LogP contribution in [0.5, 0.6) is 5.75 Å². The highest BCUT2D eigenvalue weighted by Gasteiger charge is 2.50. The second-order valence-electron chi connectivity index (χ2n) is 7.65. The van der Waals surface area contributed by atoms with E-state index in [2.05, 4.69) is 15.6 Å². The van der Waals surface area contributed by atoms with E-state index in [1.54, 1.807) is 29.2 Å². The second kappa shape index (κ2) is 7.34. The van der Waals surface area contributed by atoms with Gasteiger partial charge < -0.3 is 20.7 Å². The Hall–Kier alpha value is -3.92. The molecule has 0 saturated carbocycles. The van der Waals surface area contributed by atoms with Gasteiger partial charge in [0.15, 0.2) is 10.7 Å². The first-order chi connectivity index (χ1) is 15.4. The minimum Gasteiger partial charge on any atom is -0.497 e. The quantitative estimate of drug-likeness (QED) is 0.512. The van der Waals surface area contributed by atoms with Crippen molar-refractivity contribution < 1.29 is 19.1 Å². The molecule has 5 rings (SSSR count). The van der Waals surface area contributed by atoms with Crippen LogP contribution in [0.4, 0.5) is 9.93 Å². The van der Waals surface area contributed by atoms with Crippen LogP contribution in [0.2, 0.25) is 0 Å². The van der Waals surface area contributed by atoms with Gasteiger partial charge in [-0.25, -0.2) is 9.78 Å². The Bertz CT molecular complexity index is 1260. The standard InChI is InChI=1S/C22H19N5O4S/c1-31-15-7-4-13-9-27(18(28)16(13)8-15)11-22(19(29)25-21(30)26-22)14-5-2-12(3-6-14)17-10-32-20(23)24-17/h2-8,10H,9,11H2,1H3,(H2,23,24)(H2,25,26,29,30). The third-order valence-corrected chi connectivity index (χ3v) is 6.43. The Kier molecular flexibility index (Phi) is 4.59. The van der Waals surface area contributed by atoms with Crippen molar-refractivity contribution in [3.8, 4) is 17.0 Å². The number of imide groups is 1. The molecule has 162 valence electrons. The highest BCUT2D eigenvalue weighted by atomic mass is 32.1. The van der Waals surface area contributed by atoms with Crippen molar-refractivity contribution in [3.63, 3.8) is 0 Å². The van der Waals surface area contributed by atoms with Gasteiger partial charge in [0, 0.05) is 23.1 Å². The number of hydrogen-bond acceptors (Lipinski definition) is 7. The number of ether oxygens (including phenoxy) is 1. The number of fused-ring (bicyclic) bond motifs is 1. The molecule has 1 fully saturated rings. The van der Waals surface area contributed by atoms with Gasteiger partial charge >= 0.3 is 6.03 Å². The summed E-state index contributed by atoms with van der Waals surface area (Å²) < 4.78 is 5.22. The molecule has 1 saturated heterocycles. The van der Waals surface area contributed by atoms with Crippen LogP contribution in [0, 0.1) is 0 Å². The first-order valence-corrected chi connectivity index (χ1v) is 10.7. The van der Waals surface area contributed by atoms with Gasteiger partial charge in [0.25, 0.3) is 11.8 Å². The molecule has 4 amide bonds. The molecule has 2 aromatic carbocycles. The van der Waals surface area contributed by atoms with Crippen molar-refractivity contribution in [1.82, 2.24) is 20.5 Å². The van der Waals surface area contributed by atoms with Gasteiger partial charge in [0.2, 0.25) is 0 Å². The molecule has 0 spiro atoms. The minimum atomic E-state index is -1.40. The average molecular weight is 449 g/mol. The van der Waals surface area contributed by atoms with Gasteiger partial charge in [-0.15, -0.1) is 11.3 Å². The van der Waals surface area contributed by atoms with Gasteiger partial charge in [-0.1, -0.05) is 30.3 Å². The van der Waals surface area contributed by atoms with Gasteiger partial charge in [-0.2, -0.15) is 0 Å². The Morgan fingerprint density at radius 1 is 1.19 bits per heavy atom. The number of nitrogens with one attached hydrogen (secondary N) is 2. The number of nitrogen functional groups attached to an aromatic ring is 1. The average Bonchev–Trinajstić information content (AvgIpc) is 3.44. The van der Waals surface area contributed by atoms with Crippen LogP contribution >= 0.6 is 11.3 Å². The predicted octanol–water partition coefficient (Wildman–Crippen LogP) is 2.09. The van der Waals surface area contributed by atoms with Crippen molar-refractivity contribution in [3.05, 3.63) is 64.5 Å². The number of urea groups is 1. The van der Waals surface area contributed by atoms with E-state index in [1.807, 2.05) is 23.6 Å². The molecular formula is C22H19N5O4S. The van der Waals surface area contributed by atoms with Gasteiger partial charge in [0.1, 0.15) is 5.75 Å². The van der Waals surface area contributed by atoms with Crippen LogP contribution in [0.1, 0.15) is 21.5 Å². The largest absolute Gasteiger partial charge is 0.497 e. The number of aromatic nitrogens is 1. The summed E-state index contributed by atoms with van der Waals surface area (Å²) in [6.45, 7) is 0.322. The number of benzene rings is 2. The molecule has 32 heavy (non-hydrogen) atoms. The third kappa shape index (κ3) is 3.16. The van der Waals surface area contributed by atoms with Gasteiger partial charge in [0.05, 0.1) is 19.3 Å². The lowest BCUT2D eigenvalue weighted by Gasteiger charge is -2.31. The molecule has 1 atom stereocenters. The SMILES string of the molecule is COc1ccc2c(c1)C(=O)N(CC1(c3ccc(-c4csc(N)n4)cc3)NC(=O)NC1=O)C2. The molecule has 9 nitrogen and oxygen atoms in total. The molecule has 2 aliphatic heterocycles. The molecule has 4 N–H and O–H groups in total. The fourth-order valence-corrected chi connectivity index (χ4v) is 4.70. The van der Waals surface area contributed by atoms with Crippen LogP contribution < -0.4 is 21.1 Å². The van der Waals surface area contributed by atoms with Crippen molar-refractivity contribution >= 4 is 34.3 Å². The van der Waals surface area contributed by atoms with E-state index < -0.39 is 17.5 Å². The molecular weight excluding hydrogens is 430 g/mol.